The molecule has 6 nitrogen and oxygen atoms in total. The molecule has 3 fully saturated rings. The first kappa shape index (κ1) is 15.1. The highest BCUT2D eigenvalue weighted by atomic mass is 16.2. The maximum atomic E-state index is 13.1. The lowest BCUT2D eigenvalue weighted by molar-refractivity contribution is -0.135. The number of nitrogens with zero attached hydrogens (tertiary/aromatic N) is 5. The van der Waals surface area contributed by atoms with Crippen LogP contribution in [0.3, 0.4) is 0 Å². The average Bonchev–Trinajstić information content (AvgIpc) is 3.15. The van der Waals surface area contributed by atoms with Gasteiger partial charge in [0.15, 0.2) is 0 Å². The molecule has 1 atom stereocenters. The molecule has 0 aromatic carbocycles. The lowest BCUT2D eigenvalue weighted by Crippen LogP contribution is -2.43. The summed E-state index contributed by atoms with van der Waals surface area (Å²) in [5.41, 5.74) is 0.517. The van der Waals surface area contributed by atoms with Gasteiger partial charge in [-0.2, -0.15) is 5.10 Å². The normalized spacial score (nSPS) is 35.5. The largest absolute Gasteiger partial charge is 0.339 e. The Morgan fingerprint density at radius 2 is 1.65 bits per heavy atom. The van der Waals surface area contributed by atoms with Crippen molar-refractivity contribution in [3.63, 3.8) is 0 Å². The van der Waals surface area contributed by atoms with E-state index in [0.717, 1.165) is 45.7 Å². The minimum Gasteiger partial charge on any atom is -0.339 e. The second-order valence-corrected chi connectivity index (χ2v) is 8.01. The van der Waals surface area contributed by atoms with Crippen LogP contribution in [0.25, 0.3) is 0 Å². The molecular weight excluding hydrogens is 290 g/mol. The number of carbonyl (C=O) groups is 1. The average molecular weight is 317 g/mol. The highest BCUT2D eigenvalue weighted by Crippen LogP contribution is 2.56. The number of amides is 1. The fourth-order valence-corrected chi connectivity index (χ4v) is 5.58. The third-order valence-electron chi connectivity index (χ3n) is 6.23. The molecule has 6 heteroatoms. The highest BCUT2D eigenvalue weighted by molar-refractivity contribution is 5.81. The van der Waals surface area contributed by atoms with Crippen LogP contribution in [-0.4, -0.2) is 83.8 Å². The van der Waals surface area contributed by atoms with E-state index in [1.807, 2.05) is 16.9 Å². The Labute approximate surface area is 138 Å². The fraction of sp³-hybridized carbons (Fsp3) is 0.765. The van der Waals surface area contributed by atoms with Gasteiger partial charge in [-0.1, -0.05) is 6.92 Å². The Hall–Kier alpha value is -1.40. The SMILES string of the molecule is CCC(C(=O)N1CC23CN(C)CC2(CN(C)C3)C1)n1cccn1. The summed E-state index contributed by atoms with van der Waals surface area (Å²) in [4.78, 5) is 20.2. The molecule has 3 saturated heterocycles. The Morgan fingerprint density at radius 1 is 1.09 bits per heavy atom. The number of aromatic nitrogens is 2. The van der Waals surface area contributed by atoms with Gasteiger partial charge in [0, 0.05) is 62.5 Å². The van der Waals surface area contributed by atoms with E-state index in [-0.39, 0.29) is 22.8 Å². The van der Waals surface area contributed by atoms with Crippen LogP contribution in [-0.2, 0) is 4.79 Å². The first-order valence-corrected chi connectivity index (χ1v) is 8.64. The van der Waals surface area contributed by atoms with E-state index in [1.165, 1.54) is 0 Å². The zero-order valence-corrected chi connectivity index (χ0v) is 14.4. The van der Waals surface area contributed by atoms with E-state index < -0.39 is 0 Å². The molecular formula is C17H27N5O. The molecule has 0 radical (unpaired) electrons. The third kappa shape index (κ3) is 2.08. The number of carbonyl (C=O) groups excluding carboxylic acids is 1. The summed E-state index contributed by atoms with van der Waals surface area (Å²) in [5, 5.41) is 4.30. The first-order chi connectivity index (χ1) is 11.0. The third-order valence-corrected chi connectivity index (χ3v) is 6.23. The molecule has 4 heterocycles. The topological polar surface area (TPSA) is 44.6 Å². The van der Waals surface area contributed by atoms with E-state index in [2.05, 4.69) is 40.8 Å². The Balaban J connectivity index is 1.58. The number of hydrogen-bond acceptors (Lipinski definition) is 4. The van der Waals surface area contributed by atoms with Crippen molar-refractivity contribution >= 4 is 5.91 Å². The van der Waals surface area contributed by atoms with Crippen LogP contribution in [0.5, 0.6) is 0 Å². The van der Waals surface area contributed by atoms with Gasteiger partial charge in [-0.25, -0.2) is 0 Å². The summed E-state index contributed by atoms with van der Waals surface area (Å²) in [5.74, 6) is 0.247. The van der Waals surface area contributed by atoms with Crippen molar-refractivity contribution in [3.8, 4) is 0 Å². The molecule has 126 valence electrons. The van der Waals surface area contributed by atoms with Crippen LogP contribution in [0.4, 0.5) is 0 Å². The van der Waals surface area contributed by atoms with E-state index in [9.17, 15) is 4.79 Å². The number of likely N-dealkylation sites (tertiary alicyclic amines) is 3. The molecule has 3 aliphatic heterocycles. The standard InChI is InChI=1S/C17H27N5O/c1-4-14(22-7-5-6-18-22)15(23)21-12-16-8-19(2)9-17(16,13-21)11-20(3)10-16/h5-7,14H,4,8-13H2,1-3H3. The van der Waals surface area contributed by atoms with Crippen LogP contribution >= 0.6 is 0 Å². The van der Waals surface area contributed by atoms with E-state index >= 15 is 0 Å². The minimum absolute atomic E-state index is 0.159. The van der Waals surface area contributed by atoms with E-state index in [0.29, 0.717) is 0 Å². The van der Waals surface area contributed by atoms with Gasteiger partial charge in [0.2, 0.25) is 5.91 Å². The molecule has 1 unspecified atom stereocenters. The molecule has 23 heavy (non-hydrogen) atoms. The predicted octanol–water partition coefficient (Wildman–Crippen LogP) is 0.540. The van der Waals surface area contributed by atoms with Crippen molar-refractivity contribution in [3.05, 3.63) is 18.5 Å². The Morgan fingerprint density at radius 3 is 2.09 bits per heavy atom. The lowest BCUT2D eigenvalue weighted by Gasteiger charge is -2.30. The summed E-state index contributed by atoms with van der Waals surface area (Å²) in [6, 6.07) is 1.73. The summed E-state index contributed by atoms with van der Waals surface area (Å²) >= 11 is 0. The fourth-order valence-electron chi connectivity index (χ4n) is 5.58. The van der Waals surface area contributed by atoms with Gasteiger partial charge in [0.1, 0.15) is 6.04 Å². The second-order valence-electron chi connectivity index (χ2n) is 8.01. The van der Waals surface area contributed by atoms with Crippen LogP contribution in [0, 0.1) is 10.8 Å². The summed E-state index contributed by atoms with van der Waals surface area (Å²) < 4.78 is 1.82. The summed E-state index contributed by atoms with van der Waals surface area (Å²) in [7, 11) is 4.44. The van der Waals surface area contributed by atoms with Crippen LogP contribution in [0.1, 0.15) is 19.4 Å². The maximum absolute atomic E-state index is 13.1. The number of hydrogen-bond donors (Lipinski definition) is 0. The van der Waals surface area contributed by atoms with Gasteiger partial charge < -0.3 is 14.7 Å². The van der Waals surface area contributed by atoms with Crippen molar-refractivity contribution in [2.24, 2.45) is 10.8 Å². The quantitative estimate of drug-likeness (QED) is 0.816. The summed E-state index contributed by atoms with van der Waals surface area (Å²) in [6.07, 6.45) is 4.45. The number of rotatable bonds is 3. The monoisotopic (exact) mass is 317 g/mol. The first-order valence-electron chi connectivity index (χ1n) is 8.64. The Bertz CT molecular complexity index is 560. The van der Waals surface area contributed by atoms with Gasteiger partial charge in [-0.3, -0.25) is 9.48 Å². The van der Waals surface area contributed by atoms with Crippen molar-refractivity contribution in [2.75, 3.05) is 53.4 Å². The maximum Gasteiger partial charge on any atom is 0.247 e. The molecule has 1 aromatic rings. The lowest BCUT2D eigenvalue weighted by atomic mass is 9.71. The van der Waals surface area contributed by atoms with Crippen LogP contribution in [0.2, 0.25) is 0 Å². The van der Waals surface area contributed by atoms with Gasteiger partial charge >= 0.3 is 0 Å². The summed E-state index contributed by atoms with van der Waals surface area (Å²) in [6.45, 7) is 8.31. The van der Waals surface area contributed by atoms with Crippen molar-refractivity contribution in [1.82, 2.24) is 24.5 Å². The van der Waals surface area contributed by atoms with Crippen LogP contribution in [0.15, 0.2) is 18.5 Å². The molecule has 0 aliphatic carbocycles. The van der Waals surface area contributed by atoms with E-state index in [4.69, 9.17) is 0 Å². The molecule has 4 rings (SSSR count). The molecule has 0 spiro atoms. The molecule has 3 aliphatic rings. The van der Waals surface area contributed by atoms with Crippen LogP contribution < -0.4 is 0 Å². The molecule has 0 saturated carbocycles. The van der Waals surface area contributed by atoms with Gasteiger partial charge in [0.25, 0.3) is 0 Å². The van der Waals surface area contributed by atoms with Crippen molar-refractivity contribution in [2.45, 2.75) is 19.4 Å². The zero-order chi connectivity index (χ0) is 16.2. The van der Waals surface area contributed by atoms with Crippen molar-refractivity contribution < 1.29 is 4.79 Å². The van der Waals surface area contributed by atoms with E-state index in [1.54, 1.807) is 6.20 Å². The minimum atomic E-state index is -0.159. The zero-order valence-electron chi connectivity index (χ0n) is 14.4. The van der Waals surface area contributed by atoms with Gasteiger partial charge in [0.05, 0.1) is 0 Å². The molecule has 1 amide bonds. The molecule has 0 N–H and O–H groups in total. The Kier molecular flexibility index (Phi) is 3.32. The smallest absolute Gasteiger partial charge is 0.247 e. The van der Waals surface area contributed by atoms with Gasteiger partial charge in [-0.05, 0) is 26.6 Å². The van der Waals surface area contributed by atoms with Gasteiger partial charge in [-0.15, -0.1) is 0 Å². The predicted molar refractivity (Wildman–Crippen MR) is 88.0 cm³/mol. The van der Waals surface area contributed by atoms with Crippen molar-refractivity contribution in [1.29, 1.82) is 0 Å². The molecule has 0 bridgehead atoms. The second kappa shape index (κ2) is 5.05. The highest BCUT2D eigenvalue weighted by Gasteiger charge is 2.66. The molecule has 1 aromatic heterocycles.